The highest BCUT2D eigenvalue weighted by Crippen LogP contribution is 2.22. The van der Waals surface area contributed by atoms with Gasteiger partial charge >= 0.3 is 6.03 Å². The molecule has 1 heterocycles. The van der Waals surface area contributed by atoms with Crippen LogP contribution in [0, 0.1) is 17.8 Å². The number of amides is 2. The minimum absolute atomic E-state index is 0. The zero-order valence-electron chi connectivity index (χ0n) is 13.7. The summed E-state index contributed by atoms with van der Waals surface area (Å²) in [6.07, 6.45) is 0. The summed E-state index contributed by atoms with van der Waals surface area (Å²) in [7, 11) is 0. The molecule has 24 heavy (non-hydrogen) atoms. The van der Waals surface area contributed by atoms with E-state index in [1.807, 2.05) is 24.8 Å². The van der Waals surface area contributed by atoms with Gasteiger partial charge in [0, 0.05) is 31.7 Å². The van der Waals surface area contributed by atoms with E-state index in [0.717, 1.165) is 31.7 Å². The fourth-order valence-electron chi connectivity index (χ4n) is 2.20. The monoisotopic (exact) mass is 389 g/mol. The van der Waals surface area contributed by atoms with E-state index in [1.165, 1.54) is 0 Å². The molecule has 1 saturated heterocycles. The lowest BCUT2D eigenvalue weighted by atomic mass is 10.0. The third kappa shape index (κ3) is 6.07. The average molecular weight is 391 g/mol. The third-order valence-electron chi connectivity index (χ3n) is 3.64. The van der Waals surface area contributed by atoms with Crippen LogP contribution in [-0.2, 0) is 0 Å². The van der Waals surface area contributed by atoms with E-state index in [-0.39, 0.29) is 30.4 Å². The average Bonchev–Trinajstić information content (AvgIpc) is 2.55. The molecular weight excluding hydrogens is 369 g/mol. The second-order valence-electron chi connectivity index (χ2n) is 5.81. The zero-order valence-corrected chi connectivity index (χ0v) is 16.1. The van der Waals surface area contributed by atoms with Crippen LogP contribution in [0.2, 0.25) is 10.0 Å². The summed E-state index contributed by atoms with van der Waals surface area (Å²) in [5.74, 6) is 6.40. The molecule has 0 aromatic heterocycles. The Morgan fingerprint density at radius 1 is 1.25 bits per heavy atom. The minimum atomic E-state index is -0.216. The van der Waals surface area contributed by atoms with Crippen LogP contribution in [0.1, 0.15) is 19.4 Å². The Labute approximate surface area is 159 Å². The number of rotatable bonds is 2. The van der Waals surface area contributed by atoms with Crippen molar-refractivity contribution < 1.29 is 4.79 Å². The molecule has 2 amide bonds. The number of carbonyl (C=O) groups excluding carboxylic acids is 1. The summed E-state index contributed by atoms with van der Waals surface area (Å²) in [5, 5.41) is 7.22. The summed E-state index contributed by atoms with van der Waals surface area (Å²) in [6.45, 7) is 7.16. The van der Waals surface area contributed by atoms with Gasteiger partial charge in [-0.3, -0.25) is 0 Å². The molecule has 1 fully saturated rings. The lowest BCUT2D eigenvalue weighted by Gasteiger charge is -2.29. The van der Waals surface area contributed by atoms with Gasteiger partial charge < -0.3 is 15.5 Å². The highest BCUT2D eigenvalue weighted by atomic mass is 35.5. The van der Waals surface area contributed by atoms with Crippen LogP contribution in [0.3, 0.4) is 0 Å². The zero-order chi connectivity index (χ0) is 16.8. The lowest BCUT2D eigenvalue weighted by molar-refractivity contribution is 0.186. The highest BCUT2D eigenvalue weighted by molar-refractivity contribution is 6.42. The van der Waals surface area contributed by atoms with Crippen LogP contribution >= 0.6 is 35.6 Å². The largest absolute Gasteiger partial charge is 0.324 e. The van der Waals surface area contributed by atoms with Gasteiger partial charge in [-0.2, -0.15) is 0 Å². The Bertz CT molecular complexity index is 619. The molecule has 132 valence electrons. The molecule has 1 aliphatic heterocycles. The first kappa shape index (κ1) is 20.9. The topological polar surface area (TPSA) is 44.4 Å². The Balaban J connectivity index is 0.00000288. The molecule has 1 aliphatic rings. The van der Waals surface area contributed by atoms with E-state index in [2.05, 4.69) is 22.5 Å². The fourth-order valence-corrected chi connectivity index (χ4v) is 2.49. The first-order valence-electron chi connectivity index (χ1n) is 7.70. The number of benzene rings is 1. The summed E-state index contributed by atoms with van der Waals surface area (Å²) in [4.78, 5) is 14.1. The number of halogens is 3. The van der Waals surface area contributed by atoms with E-state index < -0.39 is 0 Å². The summed E-state index contributed by atoms with van der Waals surface area (Å²) in [5.41, 5.74) is 0.779. The molecule has 2 N–H and O–H groups in total. The molecule has 0 spiro atoms. The molecule has 7 heteroatoms. The van der Waals surface area contributed by atoms with Crippen LogP contribution in [0.5, 0.6) is 0 Å². The molecule has 0 saturated carbocycles. The van der Waals surface area contributed by atoms with Crippen molar-refractivity contribution in [3.05, 3.63) is 33.8 Å². The molecule has 4 nitrogen and oxygen atoms in total. The number of nitrogens with one attached hydrogen (secondary N) is 2. The van der Waals surface area contributed by atoms with Crippen molar-refractivity contribution in [1.29, 1.82) is 0 Å². The molecule has 1 unspecified atom stereocenters. The van der Waals surface area contributed by atoms with Crippen molar-refractivity contribution >= 4 is 41.6 Å². The van der Waals surface area contributed by atoms with Crippen LogP contribution < -0.4 is 10.6 Å². The number of hydrogen-bond acceptors (Lipinski definition) is 2. The maximum absolute atomic E-state index is 12.3. The van der Waals surface area contributed by atoms with E-state index in [0.29, 0.717) is 10.0 Å². The van der Waals surface area contributed by atoms with Crippen molar-refractivity contribution in [2.45, 2.75) is 19.9 Å². The quantitative estimate of drug-likeness (QED) is 0.760. The van der Waals surface area contributed by atoms with Crippen molar-refractivity contribution in [3.63, 3.8) is 0 Å². The first-order chi connectivity index (χ1) is 11.0. The fraction of sp³-hybridized carbons (Fsp3) is 0.471. The number of urea groups is 1. The number of carbonyl (C=O) groups is 1. The number of nitrogens with zero attached hydrogens (tertiary/aromatic N) is 1. The normalized spacial score (nSPS) is 15.1. The SMILES string of the molecule is CC(C)C(C#Cc1ccc(Cl)c(Cl)c1)NC(=O)N1CCNCC1.Cl. The van der Waals surface area contributed by atoms with Crippen molar-refractivity contribution in [2.75, 3.05) is 26.2 Å². The van der Waals surface area contributed by atoms with Crippen LogP contribution in [0.4, 0.5) is 4.79 Å². The lowest BCUT2D eigenvalue weighted by Crippen LogP contribution is -2.52. The summed E-state index contributed by atoms with van der Waals surface area (Å²) < 4.78 is 0. The molecular formula is C17H22Cl3N3O. The van der Waals surface area contributed by atoms with Gasteiger partial charge in [0.1, 0.15) is 0 Å². The van der Waals surface area contributed by atoms with Gasteiger partial charge in [0.15, 0.2) is 0 Å². The van der Waals surface area contributed by atoms with Gasteiger partial charge in [-0.25, -0.2) is 4.79 Å². The second kappa shape index (κ2) is 10.0. The van der Waals surface area contributed by atoms with Crippen molar-refractivity contribution in [1.82, 2.24) is 15.5 Å². The molecule has 2 rings (SSSR count). The Hall–Kier alpha value is -1.12. The third-order valence-corrected chi connectivity index (χ3v) is 4.38. The van der Waals surface area contributed by atoms with E-state index in [9.17, 15) is 4.79 Å². The van der Waals surface area contributed by atoms with Crippen LogP contribution in [0.25, 0.3) is 0 Å². The smallest absolute Gasteiger partial charge is 0.318 e. The molecule has 1 aromatic carbocycles. The van der Waals surface area contributed by atoms with Gasteiger partial charge in [-0.15, -0.1) is 12.4 Å². The molecule has 1 aromatic rings. The van der Waals surface area contributed by atoms with Gasteiger partial charge in [0.05, 0.1) is 16.1 Å². The van der Waals surface area contributed by atoms with E-state index in [4.69, 9.17) is 23.2 Å². The maximum atomic E-state index is 12.3. The predicted octanol–water partition coefficient (Wildman–Crippen LogP) is 3.41. The van der Waals surface area contributed by atoms with Gasteiger partial charge in [0.25, 0.3) is 0 Å². The Kier molecular flexibility index (Phi) is 8.72. The van der Waals surface area contributed by atoms with Crippen LogP contribution in [-0.4, -0.2) is 43.2 Å². The van der Waals surface area contributed by atoms with E-state index >= 15 is 0 Å². The van der Waals surface area contributed by atoms with Crippen molar-refractivity contribution in [2.24, 2.45) is 5.92 Å². The molecule has 1 atom stereocenters. The van der Waals surface area contributed by atoms with Gasteiger partial charge in [-0.1, -0.05) is 48.9 Å². The maximum Gasteiger partial charge on any atom is 0.318 e. The van der Waals surface area contributed by atoms with Crippen LogP contribution in [0.15, 0.2) is 18.2 Å². The Morgan fingerprint density at radius 2 is 1.92 bits per heavy atom. The van der Waals surface area contributed by atoms with Gasteiger partial charge in [0.2, 0.25) is 0 Å². The molecule has 0 bridgehead atoms. The summed E-state index contributed by atoms with van der Waals surface area (Å²) in [6, 6.07) is 4.99. The number of piperazine rings is 1. The molecule has 0 aliphatic carbocycles. The standard InChI is InChI=1S/C17H21Cl2N3O.ClH/c1-12(2)16(21-17(23)22-9-7-20-8-10-22)6-4-13-3-5-14(18)15(19)11-13;/h3,5,11-12,16,20H,7-10H2,1-2H3,(H,21,23);1H. The van der Waals surface area contributed by atoms with Crippen molar-refractivity contribution in [3.8, 4) is 11.8 Å². The highest BCUT2D eigenvalue weighted by Gasteiger charge is 2.20. The molecule has 0 radical (unpaired) electrons. The minimum Gasteiger partial charge on any atom is -0.324 e. The summed E-state index contributed by atoms with van der Waals surface area (Å²) >= 11 is 11.9. The van der Waals surface area contributed by atoms with E-state index in [1.54, 1.807) is 12.1 Å². The predicted molar refractivity (Wildman–Crippen MR) is 102 cm³/mol. The van der Waals surface area contributed by atoms with Gasteiger partial charge in [-0.05, 0) is 24.1 Å². The first-order valence-corrected chi connectivity index (χ1v) is 8.45. The second-order valence-corrected chi connectivity index (χ2v) is 6.62. The Morgan fingerprint density at radius 3 is 2.50 bits per heavy atom. The number of hydrogen-bond donors (Lipinski definition) is 2.